The van der Waals surface area contributed by atoms with Crippen molar-refractivity contribution in [3.63, 3.8) is 0 Å². The van der Waals surface area contributed by atoms with Crippen molar-refractivity contribution in [1.29, 1.82) is 0 Å². The van der Waals surface area contributed by atoms with Crippen LogP contribution in [0.4, 0.5) is 0 Å². The first-order valence-corrected chi connectivity index (χ1v) is 22.6. The van der Waals surface area contributed by atoms with Crippen LogP contribution in [-0.4, -0.2) is 71.2 Å². The van der Waals surface area contributed by atoms with Crippen molar-refractivity contribution in [2.24, 2.45) is 0 Å². The molecule has 11 heteroatoms. The van der Waals surface area contributed by atoms with Gasteiger partial charge in [-0.25, -0.2) is 0 Å². The van der Waals surface area contributed by atoms with Gasteiger partial charge in [-0.2, -0.15) is 8.42 Å². The molecular weight excluding hydrogens is 817 g/mol. The minimum absolute atomic E-state index is 0.0421. The third-order valence-electron chi connectivity index (χ3n) is 11.5. The van der Waals surface area contributed by atoms with E-state index in [2.05, 4.69) is 36.4 Å². The number of rotatable bonds is 18. The third-order valence-corrected chi connectivity index (χ3v) is 12.8. The molecule has 6 atom stereocenters. The van der Waals surface area contributed by atoms with Crippen LogP contribution >= 0.6 is 0 Å². The Kier molecular flexibility index (Phi) is 13.9. The van der Waals surface area contributed by atoms with Gasteiger partial charge in [0.15, 0.2) is 5.79 Å². The molecule has 0 aliphatic carbocycles. The average molecular weight is 871 g/mol. The number of methoxy groups -OCH3 is 1. The maximum Gasteiger partial charge on any atom is 0.297 e. The van der Waals surface area contributed by atoms with Gasteiger partial charge < -0.3 is 33.2 Å². The molecule has 0 saturated carbocycles. The molecule has 6 aromatic rings. The van der Waals surface area contributed by atoms with E-state index in [9.17, 15) is 8.42 Å². The zero-order valence-electron chi connectivity index (χ0n) is 35.9. The van der Waals surface area contributed by atoms with Crippen LogP contribution in [0.3, 0.4) is 0 Å². The van der Waals surface area contributed by atoms with E-state index in [-0.39, 0.29) is 31.3 Å². The Hall–Kier alpha value is -5.21. The molecule has 0 radical (unpaired) electrons. The first-order chi connectivity index (χ1) is 30.5. The van der Waals surface area contributed by atoms with Gasteiger partial charge in [0.2, 0.25) is 0 Å². The molecule has 2 aliphatic rings. The SMILES string of the molecule is COc1ccc(CO[C@H]2[C@H](OCc3ccccc3)[C@H]([C@H]3OC(C)(C)O[C@H]3COC(c3ccccc3)(c3ccccc3)c3ccccc3)O[C@@H]2COS(=O)(=O)c2ccc(C)cc2)cc1. The Morgan fingerprint density at radius 3 is 1.62 bits per heavy atom. The highest BCUT2D eigenvalue weighted by Crippen LogP contribution is 2.44. The summed E-state index contributed by atoms with van der Waals surface area (Å²) in [6.45, 7) is 5.75. The summed E-state index contributed by atoms with van der Waals surface area (Å²) < 4.78 is 79.7. The molecule has 0 N–H and O–H groups in total. The van der Waals surface area contributed by atoms with E-state index in [0.29, 0.717) is 5.75 Å². The minimum atomic E-state index is -4.17. The van der Waals surface area contributed by atoms with Gasteiger partial charge in [0.25, 0.3) is 10.1 Å². The van der Waals surface area contributed by atoms with E-state index in [0.717, 1.165) is 33.4 Å². The quantitative estimate of drug-likeness (QED) is 0.0613. The Bertz CT molecular complexity index is 2350. The van der Waals surface area contributed by atoms with E-state index >= 15 is 0 Å². The lowest BCUT2D eigenvalue weighted by Gasteiger charge is -2.37. The maximum absolute atomic E-state index is 13.6. The van der Waals surface area contributed by atoms with Crippen LogP contribution in [0.1, 0.15) is 47.2 Å². The predicted molar refractivity (Wildman–Crippen MR) is 239 cm³/mol. The second-order valence-electron chi connectivity index (χ2n) is 16.3. The van der Waals surface area contributed by atoms with Crippen molar-refractivity contribution in [3.05, 3.63) is 203 Å². The minimum Gasteiger partial charge on any atom is -0.497 e. The number of benzene rings is 6. The number of ether oxygens (including phenoxy) is 7. The lowest BCUT2D eigenvalue weighted by Crippen LogP contribution is -2.48. The Morgan fingerprint density at radius 1 is 0.571 bits per heavy atom. The molecule has 0 bridgehead atoms. The Labute approximate surface area is 370 Å². The fourth-order valence-electron chi connectivity index (χ4n) is 8.40. The number of hydrogen-bond donors (Lipinski definition) is 0. The molecular formula is C52H54O10S. The summed E-state index contributed by atoms with van der Waals surface area (Å²) in [5.74, 6) is -0.339. The molecule has 328 valence electrons. The molecule has 8 rings (SSSR count). The number of aryl methyl sites for hydroxylation is 1. The van der Waals surface area contributed by atoms with Crippen LogP contribution in [-0.2, 0) is 61.5 Å². The maximum atomic E-state index is 13.6. The third kappa shape index (κ3) is 10.3. The molecule has 2 saturated heterocycles. The monoisotopic (exact) mass is 870 g/mol. The van der Waals surface area contributed by atoms with E-state index in [1.54, 1.807) is 19.2 Å². The summed E-state index contributed by atoms with van der Waals surface area (Å²) in [6, 6.07) is 54.4. The average Bonchev–Trinajstić information content (AvgIpc) is 3.83. The lowest BCUT2D eigenvalue weighted by molar-refractivity contribution is -0.169. The van der Waals surface area contributed by atoms with E-state index in [1.165, 1.54) is 12.1 Å². The normalized spacial score (nSPS) is 22.2. The zero-order valence-corrected chi connectivity index (χ0v) is 36.8. The second-order valence-corrected chi connectivity index (χ2v) is 17.9. The molecule has 0 aromatic heterocycles. The molecule has 2 aliphatic heterocycles. The van der Waals surface area contributed by atoms with Gasteiger partial charge in [0.05, 0.1) is 38.4 Å². The van der Waals surface area contributed by atoms with Gasteiger partial charge in [-0.1, -0.05) is 151 Å². The van der Waals surface area contributed by atoms with Crippen LogP contribution in [0.15, 0.2) is 175 Å². The van der Waals surface area contributed by atoms with Crippen LogP contribution in [0.2, 0.25) is 0 Å². The Balaban J connectivity index is 1.15. The summed E-state index contributed by atoms with van der Waals surface area (Å²) in [5, 5.41) is 0. The summed E-state index contributed by atoms with van der Waals surface area (Å²) in [7, 11) is -2.56. The van der Waals surface area contributed by atoms with Crippen LogP contribution in [0, 0.1) is 6.92 Å². The summed E-state index contributed by atoms with van der Waals surface area (Å²) >= 11 is 0. The molecule has 0 amide bonds. The largest absolute Gasteiger partial charge is 0.497 e. The van der Waals surface area contributed by atoms with E-state index in [4.69, 9.17) is 37.3 Å². The fraction of sp³-hybridized carbons (Fsp3) is 0.308. The van der Waals surface area contributed by atoms with Crippen LogP contribution < -0.4 is 4.74 Å². The Morgan fingerprint density at radius 2 is 1.08 bits per heavy atom. The van der Waals surface area contributed by atoms with Gasteiger partial charge in [-0.3, -0.25) is 4.18 Å². The highest BCUT2D eigenvalue weighted by atomic mass is 32.2. The van der Waals surface area contributed by atoms with Gasteiger partial charge >= 0.3 is 0 Å². The zero-order chi connectivity index (χ0) is 43.9. The first kappa shape index (κ1) is 44.4. The molecule has 2 heterocycles. The highest BCUT2D eigenvalue weighted by molar-refractivity contribution is 7.86. The predicted octanol–water partition coefficient (Wildman–Crippen LogP) is 9.18. The first-order valence-electron chi connectivity index (χ1n) is 21.2. The topological polar surface area (TPSA) is 108 Å². The molecule has 10 nitrogen and oxygen atoms in total. The summed E-state index contributed by atoms with van der Waals surface area (Å²) in [4.78, 5) is 0.0421. The fourth-order valence-corrected chi connectivity index (χ4v) is 9.32. The molecule has 0 unspecified atom stereocenters. The van der Waals surface area contributed by atoms with Gasteiger partial charge in [0.1, 0.15) is 48.0 Å². The van der Waals surface area contributed by atoms with E-state index < -0.39 is 58.1 Å². The van der Waals surface area contributed by atoms with Crippen molar-refractivity contribution >= 4 is 10.1 Å². The molecule has 6 aromatic carbocycles. The highest BCUT2D eigenvalue weighted by Gasteiger charge is 2.57. The van der Waals surface area contributed by atoms with Gasteiger partial charge in [-0.15, -0.1) is 0 Å². The lowest BCUT2D eigenvalue weighted by atomic mass is 9.80. The van der Waals surface area contributed by atoms with Gasteiger partial charge in [0, 0.05) is 0 Å². The van der Waals surface area contributed by atoms with Crippen molar-refractivity contribution in [1.82, 2.24) is 0 Å². The van der Waals surface area contributed by atoms with Gasteiger partial charge in [-0.05, 0) is 72.9 Å². The van der Waals surface area contributed by atoms with E-state index in [1.807, 2.05) is 130 Å². The summed E-state index contributed by atoms with van der Waals surface area (Å²) in [6.07, 6.45) is -4.74. The smallest absolute Gasteiger partial charge is 0.297 e. The van der Waals surface area contributed by atoms with Crippen molar-refractivity contribution in [2.75, 3.05) is 20.3 Å². The van der Waals surface area contributed by atoms with Crippen LogP contribution in [0.25, 0.3) is 0 Å². The number of hydrogen-bond acceptors (Lipinski definition) is 10. The molecule has 0 spiro atoms. The second kappa shape index (κ2) is 19.7. The van der Waals surface area contributed by atoms with Crippen molar-refractivity contribution in [3.8, 4) is 5.75 Å². The van der Waals surface area contributed by atoms with Crippen molar-refractivity contribution < 1.29 is 45.8 Å². The molecule has 2 fully saturated rings. The standard InChI is InChI=1S/C52H54O10S/c1-37-25-31-44(32-26-37)63(53,54)59-36-45-47(56-34-39-27-29-43(55-4)30-28-39)49(57-33-38-17-9-5-10-18-38)50(60-45)48-46(61-51(2,3)62-48)35-58-52(40-19-11-6-12-20-40,41-21-13-7-14-22-41)42-23-15-8-16-24-42/h5-32,45-50H,33-36H2,1-4H3/t45-,46+,47-,48+,49+,50+/m1/s1. The van der Waals surface area contributed by atoms with Crippen LogP contribution in [0.5, 0.6) is 5.75 Å². The molecule has 63 heavy (non-hydrogen) atoms. The van der Waals surface area contributed by atoms with Crippen molar-refractivity contribution in [2.45, 2.75) is 86.9 Å². The summed E-state index contributed by atoms with van der Waals surface area (Å²) in [5.41, 5.74) is 4.53.